The summed E-state index contributed by atoms with van der Waals surface area (Å²) in [6.45, 7) is 10.9. The maximum absolute atomic E-state index is 5.12. The van der Waals surface area contributed by atoms with Gasteiger partial charge in [-0.05, 0) is 35.9 Å². The van der Waals surface area contributed by atoms with Crippen LogP contribution in [-0.4, -0.2) is 20.3 Å². The first-order valence-corrected chi connectivity index (χ1v) is 7.36. The van der Waals surface area contributed by atoms with Crippen LogP contribution < -0.4 is 5.32 Å². The molecule has 0 bridgehead atoms. The zero-order chi connectivity index (χ0) is 14.3. The molecule has 0 aliphatic heterocycles. The molecular weight excluding hydrogens is 234 g/mol. The van der Waals surface area contributed by atoms with Gasteiger partial charge in [0.1, 0.15) is 0 Å². The molecule has 0 saturated carbocycles. The van der Waals surface area contributed by atoms with E-state index in [1.807, 2.05) is 0 Å². The SMILES string of the molecule is CCNC(c1ccc(CCOC)cc1)C(C)(C)CC. The summed E-state index contributed by atoms with van der Waals surface area (Å²) in [4.78, 5) is 0. The quantitative estimate of drug-likeness (QED) is 0.766. The third-order valence-electron chi connectivity index (χ3n) is 4.01. The molecule has 0 aliphatic carbocycles. The van der Waals surface area contributed by atoms with Crippen molar-refractivity contribution >= 4 is 0 Å². The Bertz CT molecular complexity index is 356. The molecule has 19 heavy (non-hydrogen) atoms. The van der Waals surface area contributed by atoms with Crippen LogP contribution in [0, 0.1) is 5.41 Å². The van der Waals surface area contributed by atoms with Gasteiger partial charge in [0.25, 0.3) is 0 Å². The largest absolute Gasteiger partial charge is 0.384 e. The molecule has 2 heteroatoms. The molecule has 2 nitrogen and oxygen atoms in total. The topological polar surface area (TPSA) is 21.3 Å². The number of benzene rings is 1. The molecule has 0 aromatic heterocycles. The van der Waals surface area contributed by atoms with E-state index in [1.165, 1.54) is 11.1 Å². The Morgan fingerprint density at radius 3 is 2.26 bits per heavy atom. The number of rotatable bonds is 8. The lowest BCUT2D eigenvalue weighted by molar-refractivity contribution is 0.202. The average Bonchev–Trinajstić information content (AvgIpc) is 2.43. The fourth-order valence-corrected chi connectivity index (χ4v) is 2.35. The van der Waals surface area contributed by atoms with Crippen molar-refractivity contribution in [3.8, 4) is 0 Å². The van der Waals surface area contributed by atoms with Crippen molar-refractivity contribution in [2.75, 3.05) is 20.3 Å². The summed E-state index contributed by atoms with van der Waals surface area (Å²) in [6, 6.07) is 9.39. The first kappa shape index (κ1) is 16.2. The van der Waals surface area contributed by atoms with E-state index < -0.39 is 0 Å². The normalized spacial score (nSPS) is 13.5. The lowest BCUT2D eigenvalue weighted by Gasteiger charge is -2.34. The van der Waals surface area contributed by atoms with Gasteiger partial charge in [-0.25, -0.2) is 0 Å². The predicted octanol–water partition coefficient (Wildman–Crippen LogP) is 3.96. The van der Waals surface area contributed by atoms with Crippen molar-refractivity contribution in [3.05, 3.63) is 35.4 Å². The summed E-state index contributed by atoms with van der Waals surface area (Å²) in [7, 11) is 1.75. The monoisotopic (exact) mass is 263 g/mol. The molecule has 108 valence electrons. The van der Waals surface area contributed by atoms with Gasteiger partial charge in [0.05, 0.1) is 6.61 Å². The van der Waals surface area contributed by atoms with Gasteiger partial charge >= 0.3 is 0 Å². The maximum Gasteiger partial charge on any atom is 0.0502 e. The number of hydrogen-bond donors (Lipinski definition) is 1. The Labute approximate surface area is 118 Å². The summed E-state index contributed by atoms with van der Waals surface area (Å²) in [5, 5.41) is 3.63. The minimum absolute atomic E-state index is 0.268. The van der Waals surface area contributed by atoms with Crippen molar-refractivity contribution in [1.82, 2.24) is 5.32 Å². The zero-order valence-electron chi connectivity index (χ0n) is 13.1. The van der Waals surface area contributed by atoms with Crippen molar-refractivity contribution in [3.63, 3.8) is 0 Å². The first-order valence-electron chi connectivity index (χ1n) is 7.36. The van der Waals surface area contributed by atoms with Crippen LogP contribution in [0.15, 0.2) is 24.3 Å². The smallest absolute Gasteiger partial charge is 0.0502 e. The first-order chi connectivity index (χ1) is 9.05. The van der Waals surface area contributed by atoms with Crippen molar-refractivity contribution in [2.24, 2.45) is 5.41 Å². The lowest BCUT2D eigenvalue weighted by atomic mass is 9.78. The lowest BCUT2D eigenvalue weighted by Crippen LogP contribution is -2.33. The van der Waals surface area contributed by atoms with E-state index in [1.54, 1.807) is 7.11 Å². The Hall–Kier alpha value is -0.860. The van der Waals surface area contributed by atoms with Crippen LogP contribution >= 0.6 is 0 Å². The highest BCUT2D eigenvalue weighted by Crippen LogP contribution is 2.36. The summed E-state index contributed by atoms with van der Waals surface area (Å²) < 4.78 is 5.12. The molecule has 0 radical (unpaired) electrons. The van der Waals surface area contributed by atoms with Crippen molar-refractivity contribution in [1.29, 1.82) is 0 Å². The predicted molar refractivity (Wildman–Crippen MR) is 82.5 cm³/mol. The summed E-state index contributed by atoms with van der Waals surface area (Å²) in [5.74, 6) is 0. The number of methoxy groups -OCH3 is 1. The van der Waals surface area contributed by atoms with Crippen LogP contribution in [0.4, 0.5) is 0 Å². The molecule has 0 saturated heterocycles. The second kappa shape index (κ2) is 7.66. The third-order valence-corrected chi connectivity index (χ3v) is 4.01. The highest BCUT2D eigenvalue weighted by atomic mass is 16.5. The van der Waals surface area contributed by atoms with Crippen molar-refractivity contribution in [2.45, 2.75) is 46.6 Å². The minimum atomic E-state index is 0.268. The zero-order valence-corrected chi connectivity index (χ0v) is 13.1. The van der Waals surface area contributed by atoms with Gasteiger partial charge in [0.2, 0.25) is 0 Å². The van der Waals surface area contributed by atoms with Crippen LogP contribution in [0.3, 0.4) is 0 Å². The fraction of sp³-hybridized carbons (Fsp3) is 0.647. The Kier molecular flexibility index (Phi) is 6.53. The molecule has 1 N–H and O–H groups in total. The molecule has 0 spiro atoms. The van der Waals surface area contributed by atoms with Crippen LogP contribution in [0.2, 0.25) is 0 Å². The second-order valence-electron chi connectivity index (χ2n) is 5.82. The van der Waals surface area contributed by atoms with E-state index >= 15 is 0 Å². The Morgan fingerprint density at radius 1 is 1.16 bits per heavy atom. The van der Waals surface area contributed by atoms with Gasteiger partial charge in [0, 0.05) is 13.2 Å². The standard InChI is InChI=1S/C17H29NO/c1-6-17(3,4)16(18-7-2)15-10-8-14(9-11-15)12-13-19-5/h8-11,16,18H,6-7,12-13H2,1-5H3. The van der Waals surface area contributed by atoms with E-state index in [0.29, 0.717) is 6.04 Å². The van der Waals surface area contributed by atoms with Gasteiger partial charge in [-0.1, -0.05) is 52.0 Å². The van der Waals surface area contributed by atoms with Gasteiger partial charge in [0.15, 0.2) is 0 Å². The fourth-order valence-electron chi connectivity index (χ4n) is 2.35. The summed E-state index contributed by atoms with van der Waals surface area (Å²) in [5.41, 5.74) is 2.99. The molecule has 0 amide bonds. The highest BCUT2D eigenvalue weighted by Gasteiger charge is 2.28. The Morgan fingerprint density at radius 2 is 1.79 bits per heavy atom. The van der Waals surface area contributed by atoms with E-state index in [4.69, 9.17) is 4.74 Å². The molecule has 1 unspecified atom stereocenters. The highest BCUT2D eigenvalue weighted by molar-refractivity contribution is 5.26. The number of hydrogen-bond acceptors (Lipinski definition) is 2. The van der Waals surface area contributed by atoms with E-state index in [0.717, 1.165) is 26.0 Å². The van der Waals surface area contributed by atoms with Crippen LogP contribution in [0.25, 0.3) is 0 Å². The van der Waals surface area contributed by atoms with Gasteiger partial charge in [-0.2, -0.15) is 0 Å². The molecular formula is C17H29NO. The minimum Gasteiger partial charge on any atom is -0.384 e. The van der Waals surface area contributed by atoms with Crippen LogP contribution in [-0.2, 0) is 11.2 Å². The van der Waals surface area contributed by atoms with Gasteiger partial charge in [-0.15, -0.1) is 0 Å². The third kappa shape index (κ3) is 4.63. The van der Waals surface area contributed by atoms with Crippen LogP contribution in [0.5, 0.6) is 0 Å². The second-order valence-corrected chi connectivity index (χ2v) is 5.82. The number of ether oxygens (including phenoxy) is 1. The Balaban J connectivity index is 2.85. The van der Waals surface area contributed by atoms with E-state index in [-0.39, 0.29) is 5.41 Å². The summed E-state index contributed by atoms with van der Waals surface area (Å²) in [6.07, 6.45) is 2.15. The molecule has 0 heterocycles. The van der Waals surface area contributed by atoms with Gasteiger partial charge < -0.3 is 10.1 Å². The van der Waals surface area contributed by atoms with E-state index in [9.17, 15) is 0 Å². The van der Waals surface area contributed by atoms with E-state index in [2.05, 4.69) is 57.3 Å². The molecule has 1 aromatic rings. The molecule has 1 rings (SSSR count). The number of nitrogens with one attached hydrogen (secondary N) is 1. The molecule has 1 aromatic carbocycles. The molecule has 0 aliphatic rings. The molecule has 1 atom stereocenters. The average molecular weight is 263 g/mol. The molecule has 0 fully saturated rings. The van der Waals surface area contributed by atoms with Gasteiger partial charge in [-0.3, -0.25) is 0 Å². The summed E-state index contributed by atoms with van der Waals surface area (Å²) >= 11 is 0. The maximum atomic E-state index is 5.12. The van der Waals surface area contributed by atoms with Crippen LogP contribution in [0.1, 0.15) is 51.3 Å². The van der Waals surface area contributed by atoms with Crippen molar-refractivity contribution < 1.29 is 4.74 Å².